The van der Waals surface area contributed by atoms with Gasteiger partial charge in [0.05, 0.1) is 12.1 Å². The Morgan fingerprint density at radius 2 is 1.84 bits per heavy atom. The number of H-pyrrole nitrogens is 2. The third kappa shape index (κ3) is 2.24. The summed E-state index contributed by atoms with van der Waals surface area (Å²) in [6.45, 7) is 1.73. The van der Waals surface area contributed by atoms with Gasteiger partial charge >= 0.3 is 0 Å². The SMILES string of the molecule is Cc1[nH][nH]c(=O)c1C(c1ccncc1)C(C#N)C#N. The van der Waals surface area contributed by atoms with Crippen LogP contribution in [0.15, 0.2) is 29.3 Å². The second kappa shape index (κ2) is 5.19. The maximum Gasteiger partial charge on any atom is 0.268 e. The number of nitrogens with zero attached hydrogens (tertiary/aromatic N) is 3. The Morgan fingerprint density at radius 1 is 1.21 bits per heavy atom. The molecule has 0 fully saturated rings. The third-order valence-electron chi connectivity index (χ3n) is 3.00. The molecule has 2 rings (SSSR count). The summed E-state index contributed by atoms with van der Waals surface area (Å²) in [7, 11) is 0. The van der Waals surface area contributed by atoms with Gasteiger partial charge in [-0.05, 0) is 24.6 Å². The summed E-state index contributed by atoms with van der Waals surface area (Å²) in [4.78, 5) is 15.8. The summed E-state index contributed by atoms with van der Waals surface area (Å²) in [6, 6.07) is 7.30. The summed E-state index contributed by atoms with van der Waals surface area (Å²) < 4.78 is 0. The minimum absolute atomic E-state index is 0.310. The summed E-state index contributed by atoms with van der Waals surface area (Å²) >= 11 is 0. The zero-order valence-electron chi connectivity index (χ0n) is 10.2. The van der Waals surface area contributed by atoms with Crippen molar-refractivity contribution >= 4 is 0 Å². The summed E-state index contributed by atoms with van der Waals surface area (Å²) in [6.07, 6.45) is 3.15. The fraction of sp³-hybridized carbons (Fsp3) is 0.231. The molecule has 0 saturated carbocycles. The van der Waals surface area contributed by atoms with Gasteiger partial charge in [0.2, 0.25) is 0 Å². The number of nitrogens with one attached hydrogen (secondary N) is 2. The van der Waals surface area contributed by atoms with Crippen LogP contribution in [-0.2, 0) is 0 Å². The lowest BCUT2D eigenvalue weighted by atomic mass is 9.82. The highest BCUT2D eigenvalue weighted by Crippen LogP contribution is 2.30. The Hall–Kier alpha value is -2.86. The van der Waals surface area contributed by atoms with Crippen molar-refractivity contribution in [2.75, 3.05) is 0 Å². The van der Waals surface area contributed by atoms with Crippen LogP contribution in [0.3, 0.4) is 0 Å². The van der Waals surface area contributed by atoms with Gasteiger partial charge in [-0.15, -0.1) is 0 Å². The van der Waals surface area contributed by atoms with E-state index in [4.69, 9.17) is 10.5 Å². The molecule has 0 saturated heterocycles. The maximum atomic E-state index is 11.9. The Labute approximate surface area is 109 Å². The highest BCUT2D eigenvalue weighted by atomic mass is 16.1. The smallest absolute Gasteiger partial charge is 0.268 e. The van der Waals surface area contributed by atoms with Crippen LogP contribution in [0.1, 0.15) is 22.7 Å². The zero-order valence-corrected chi connectivity index (χ0v) is 10.2. The molecular formula is C13H11N5O. The predicted octanol–water partition coefficient (Wildman–Crippen LogP) is 1.20. The van der Waals surface area contributed by atoms with E-state index in [9.17, 15) is 4.79 Å². The molecule has 0 amide bonds. The van der Waals surface area contributed by atoms with Crippen LogP contribution in [0.5, 0.6) is 0 Å². The van der Waals surface area contributed by atoms with E-state index in [0.29, 0.717) is 11.3 Å². The van der Waals surface area contributed by atoms with Gasteiger partial charge in [0.1, 0.15) is 5.92 Å². The molecule has 2 aromatic rings. The second-order valence-electron chi connectivity index (χ2n) is 4.11. The van der Waals surface area contributed by atoms with E-state index in [-0.39, 0.29) is 5.56 Å². The van der Waals surface area contributed by atoms with Crippen LogP contribution >= 0.6 is 0 Å². The minimum Gasteiger partial charge on any atom is -0.302 e. The van der Waals surface area contributed by atoms with Crippen LogP contribution in [0.2, 0.25) is 0 Å². The normalized spacial score (nSPS) is 11.8. The number of aromatic amines is 2. The van der Waals surface area contributed by atoms with E-state index < -0.39 is 11.8 Å². The van der Waals surface area contributed by atoms with Gasteiger partial charge in [-0.2, -0.15) is 10.5 Å². The van der Waals surface area contributed by atoms with Crippen LogP contribution < -0.4 is 5.56 Å². The first-order chi connectivity index (χ1) is 9.19. The number of hydrogen-bond donors (Lipinski definition) is 2. The number of pyridine rings is 1. The molecule has 6 nitrogen and oxygen atoms in total. The van der Waals surface area contributed by atoms with Crippen molar-refractivity contribution in [1.82, 2.24) is 15.2 Å². The van der Waals surface area contributed by atoms with E-state index in [1.54, 1.807) is 31.5 Å². The van der Waals surface area contributed by atoms with Gasteiger partial charge in [0.25, 0.3) is 5.56 Å². The average Bonchev–Trinajstić information content (AvgIpc) is 2.77. The average molecular weight is 253 g/mol. The monoisotopic (exact) mass is 253 g/mol. The van der Waals surface area contributed by atoms with Gasteiger partial charge in [0.15, 0.2) is 0 Å². The van der Waals surface area contributed by atoms with Gasteiger partial charge in [-0.25, -0.2) is 0 Å². The van der Waals surface area contributed by atoms with Crippen molar-refractivity contribution < 1.29 is 0 Å². The van der Waals surface area contributed by atoms with E-state index in [1.807, 2.05) is 12.1 Å². The van der Waals surface area contributed by atoms with Crippen LogP contribution in [0, 0.1) is 35.5 Å². The fourth-order valence-corrected chi connectivity index (χ4v) is 2.10. The number of aromatic nitrogens is 3. The van der Waals surface area contributed by atoms with Crippen LogP contribution in [-0.4, -0.2) is 15.2 Å². The number of aryl methyl sites for hydroxylation is 1. The Balaban J connectivity index is 2.64. The Bertz CT molecular complexity index is 687. The number of nitriles is 2. The predicted molar refractivity (Wildman–Crippen MR) is 66.9 cm³/mol. The standard InChI is InChI=1S/C13H11N5O/c1-8-11(13(19)18-17-8)12(10(6-14)7-15)9-2-4-16-5-3-9/h2-5,10,12H,1H3,(H2,17,18,19). The highest BCUT2D eigenvalue weighted by molar-refractivity contribution is 5.37. The number of hydrogen-bond acceptors (Lipinski definition) is 4. The lowest BCUT2D eigenvalue weighted by molar-refractivity contribution is 0.699. The molecule has 1 atom stereocenters. The van der Waals surface area contributed by atoms with E-state index in [1.165, 1.54) is 0 Å². The largest absolute Gasteiger partial charge is 0.302 e. The Kier molecular flexibility index (Phi) is 3.44. The quantitative estimate of drug-likeness (QED) is 0.856. The summed E-state index contributed by atoms with van der Waals surface area (Å²) in [5.74, 6) is -1.52. The first-order valence-corrected chi connectivity index (χ1v) is 5.65. The van der Waals surface area contributed by atoms with Gasteiger partial charge < -0.3 is 5.10 Å². The van der Waals surface area contributed by atoms with E-state index in [2.05, 4.69) is 15.2 Å². The van der Waals surface area contributed by atoms with E-state index >= 15 is 0 Å². The van der Waals surface area contributed by atoms with Gasteiger partial charge in [-0.3, -0.25) is 14.9 Å². The first-order valence-electron chi connectivity index (χ1n) is 5.65. The van der Waals surface area contributed by atoms with Crippen molar-refractivity contribution in [2.45, 2.75) is 12.8 Å². The molecule has 94 valence electrons. The fourth-order valence-electron chi connectivity index (χ4n) is 2.10. The second-order valence-corrected chi connectivity index (χ2v) is 4.11. The summed E-state index contributed by atoms with van der Waals surface area (Å²) in [5.41, 5.74) is 1.45. The minimum atomic E-state index is -0.932. The zero-order chi connectivity index (χ0) is 13.8. The topological polar surface area (TPSA) is 109 Å². The van der Waals surface area contributed by atoms with Crippen molar-refractivity contribution in [3.8, 4) is 12.1 Å². The van der Waals surface area contributed by atoms with Gasteiger partial charge in [-0.1, -0.05) is 0 Å². The lowest BCUT2D eigenvalue weighted by Crippen LogP contribution is -2.19. The first kappa shape index (κ1) is 12.6. The molecule has 0 aliphatic carbocycles. The molecule has 0 bridgehead atoms. The maximum absolute atomic E-state index is 11.9. The molecule has 0 spiro atoms. The molecule has 0 aliphatic heterocycles. The van der Waals surface area contributed by atoms with Crippen molar-refractivity contribution in [3.63, 3.8) is 0 Å². The molecule has 2 aromatic heterocycles. The van der Waals surface area contributed by atoms with Crippen molar-refractivity contribution in [2.24, 2.45) is 5.92 Å². The van der Waals surface area contributed by atoms with Crippen LogP contribution in [0.25, 0.3) is 0 Å². The highest BCUT2D eigenvalue weighted by Gasteiger charge is 2.29. The van der Waals surface area contributed by atoms with Crippen molar-refractivity contribution in [1.29, 1.82) is 10.5 Å². The lowest BCUT2D eigenvalue weighted by Gasteiger charge is -2.16. The molecule has 6 heteroatoms. The molecule has 19 heavy (non-hydrogen) atoms. The van der Waals surface area contributed by atoms with Crippen LogP contribution in [0.4, 0.5) is 0 Å². The third-order valence-corrected chi connectivity index (χ3v) is 3.00. The van der Waals surface area contributed by atoms with Crippen molar-refractivity contribution in [3.05, 3.63) is 51.7 Å². The Morgan fingerprint density at radius 3 is 2.32 bits per heavy atom. The molecular weight excluding hydrogens is 242 g/mol. The molecule has 2 N–H and O–H groups in total. The van der Waals surface area contributed by atoms with Gasteiger partial charge in [0, 0.05) is 29.6 Å². The molecule has 2 heterocycles. The van der Waals surface area contributed by atoms with E-state index in [0.717, 1.165) is 5.56 Å². The number of rotatable bonds is 3. The molecule has 0 radical (unpaired) electrons. The molecule has 0 aliphatic rings. The summed E-state index contributed by atoms with van der Waals surface area (Å²) in [5, 5.41) is 23.4. The molecule has 1 unspecified atom stereocenters. The molecule has 0 aromatic carbocycles.